The number of benzene rings is 1. The Labute approximate surface area is 173 Å². The van der Waals surface area contributed by atoms with Crippen LogP contribution >= 0.6 is 0 Å². The molecule has 0 aliphatic carbocycles. The largest absolute Gasteiger partial charge is 0.444 e. The molecular formula is C22H31N3O4. The molecule has 1 aromatic rings. The molecule has 2 rings (SSSR count). The lowest BCUT2D eigenvalue weighted by Crippen LogP contribution is -2.58. The molecule has 158 valence electrons. The van der Waals surface area contributed by atoms with Crippen LogP contribution in [0, 0.1) is 11.3 Å². The summed E-state index contributed by atoms with van der Waals surface area (Å²) in [6.45, 7) is 12.1. The molecule has 0 aromatic heterocycles. The number of hydrogen-bond acceptors (Lipinski definition) is 5. The zero-order valence-corrected chi connectivity index (χ0v) is 18.2. The van der Waals surface area contributed by atoms with Gasteiger partial charge in [0.15, 0.2) is 0 Å². The summed E-state index contributed by atoms with van der Waals surface area (Å²) in [6, 6.07) is 9.10. The molecule has 29 heavy (non-hydrogen) atoms. The number of carbonyl (C=O) groups is 2. The number of amides is 2. The first-order valence-electron chi connectivity index (χ1n) is 9.84. The van der Waals surface area contributed by atoms with E-state index in [1.54, 1.807) is 21.9 Å². The quantitative estimate of drug-likeness (QED) is 0.749. The summed E-state index contributed by atoms with van der Waals surface area (Å²) >= 11 is 0. The Bertz CT molecular complexity index is 769. The van der Waals surface area contributed by atoms with Gasteiger partial charge in [0, 0.05) is 19.6 Å². The molecule has 1 heterocycles. The maximum atomic E-state index is 12.7. The standard InChI is InChI=1S/C22H31N3O4/c1-21(2,3)28-19(26)24-11-12-25(20(27)29-22(4,5)6)18(15-24)13-16-7-9-17(14-23)10-8-16/h7-10,18H,11-13,15H2,1-6H3/t18-/m1/s1. The maximum absolute atomic E-state index is 12.7. The van der Waals surface area contributed by atoms with Gasteiger partial charge in [-0.05, 0) is 65.7 Å². The van der Waals surface area contributed by atoms with Gasteiger partial charge in [-0.15, -0.1) is 0 Å². The lowest BCUT2D eigenvalue weighted by Gasteiger charge is -2.42. The molecule has 7 heteroatoms. The van der Waals surface area contributed by atoms with E-state index in [-0.39, 0.29) is 18.2 Å². The summed E-state index contributed by atoms with van der Waals surface area (Å²) in [5, 5.41) is 8.98. The minimum absolute atomic E-state index is 0.251. The predicted molar refractivity (Wildman–Crippen MR) is 109 cm³/mol. The molecule has 0 bridgehead atoms. The van der Waals surface area contributed by atoms with Crippen LogP contribution in [-0.4, -0.2) is 58.9 Å². The highest BCUT2D eigenvalue weighted by Crippen LogP contribution is 2.21. The number of carbonyl (C=O) groups excluding carboxylic acids is 2. The van der Waals surface area contributed by atoms with Gasteiger partial charge in [-0.1, -0.05) is 12.1 Å². The Morgan fingerprint density at radius 1 is 1.00 bits per heavy atom. The Morgan fingerprint density at radius 2 is 1.55 bits per heavy atom. The molecule has 7 nitrogen and oxygen atoms in total. The highest BCUT2D eigenvalue weighted by molar-refractivity contribution is 5.71. The van der Waals surface area contributed by atoms with Crippen molar-refractivity contribution in [1.82, 2.24) is 9.80 Å². The van der Waals surface area contributed by atoms with Crippen LogP contribution in [0.4, 0.5) is 9.59 Å². The number of nitrogens with zero attached hydrogens (tertiary/aromatic N) is 3. The van der Waals surface area contributed by atoms with Crippen molar-refractivity contribution in [2.45, 2.75) is 65.2 Å². The van der Waals surface area contributed by atoms with Crippen molar-refractivity contribution in [3.05, 3.63) is 35.4 Å². The van der Waals surface area contributed by atoms with E-state index in [1.165, 1.54) is 0 Å². The Hall–Kier alpha value is -2.75. The van der Waals surface area contributed by atoms with E-state index in [0.29, 0.717) is 31.6 Å². The third-order valence-electron chi connectivity index (χ3n) is 4.32. The van der Waals surface area contributed by atoms with Crippen molar-refractivity contribution in [3.8, 4) is 6.07 Å². The number of ether oxygens (including phenoxy) is 2. The lowest BCUT2D eigenvalue weighted by molar-refractivity contribution is -0.0146. The topological polar surface area (TPSA) is 82.9 Å². The van der Waals surface area contributed by atoms with E-state index in [4.69, 9.17) is 14.7 Å². The molecule has 1 atom stereocenters. The first-order chi connectivity index (χ1) is 13.4. The monoisotopic (exact) mass is 401 g/mol. The Morgan fingerprint density at radius 3 is 2.07 bits per heavy atom. The van der Waals surface area contributed by atoms with Crippen molar-refractivity contribution in [2.24, 2.45) is 0 Å². The van der Waals surface area contributed by atoms with E-state index in [2.05, 4.69) is 6.07 Å². The zero-order valence-electron chi connectivity index (χ0n) is 18.2. The third kappa shape index (κ3) is 6.97. The van der Waals surface area contributed by atoms with Crippen molar-refractivity contribution in [3.63, 3.8) is 0 Å². The minimum Gasteiger partial charge on any atom is -0.444 e. The van der Waals surface area contributed by atoms with Crippen molar-refractivity contribution in [1.29, 1.82) is 5.26 Å². The van der Waals surface area contributed by atoms with Gasteiger partial charge in [-0.25, -0.2) is 9.59 Å². The van der Waals surface area contributed by atoms with Gasteiger partial charge in [-0.2, -0.15) is 5.26 Å². The molecule has 0 spiro atoms. The second-order valence-electron chi connectivity index (χ2n) is 9.27. The average Bonchev–Trinajstić information content (AvgIpc) is 2.59. The molecule has 1 aliphatic heterocycles. The molecular weight excluding hydrogens is 370 g/mol. The fraction of sp³-hybridized carbons (Fsp3) is 0.591. The minimum atomic E-state index is -0.599. The average molecular weight is 402 g/mol. The molecule has 0 unspecified atom stereocenters. The van der Waals surface area contributed by atoms with Crippen LogP contribution in [0.3, 0.4) is 0 Å². The van der Waals surface area contributed by atoms with E-state index in [0.717, 1.165) is 5.56 Å². The normalized spacial score (nSPS) is 17.5. The first-order valence-corrected chi connectivity index (χ1v) is 9.84. The molecule has 1 aromatic carbocycles. The van der Waals surface area contributed by atoms with Gasteiger partial charge < -0.3 is 19.3 Å². The fourth-order valence-corrected chi connectivity index (χ4v) is 3.07. The summed E-state index contributed by atoms with van der Waals surface area (Å²) in [4.78, 5) is 28.6. The van der Waals surface area contributed by atoms with Gasteiger partial charge in [0.2, 0.25) is 0 Å². The van der Waals surface area contributed by atoms with Crippen molar-refractivity contribution in [2.75, 3.05) is 19.6 Å². The van der Waals surface area contributed by atoms with Crippen LogP contribution in [0.15, 0.2) is 24.3 Å². The van der Waals surface area contributed by atoms with Crippen LogP contribution in [0.25, 0.3) is 0 Å². The molecule has 1 saturated heterocycles. The van der Waals surface area contributed by atoms with Gasteiger partial charge in [-0.3, -0.25) is 0 Å². The van der Waals surface area contributed by atoms with Gasteiger partial charge in [0.1, 0.15) is 11.2 Å². The molecule has 1 aliphatic rings. The van der Waals surface area contributed by atoms with Crippen LogP contribution in [0.1, 0.15) is 52.7 Å². The van der Waals surface area contributed by atoms with E-state index < -0.39 is 11.2 Å². The molecule has 0 radical (unpaired) electrons. The zero-order chi connectivity index (χ0) is 21.8. The number of rotatable bonds is 2. The third-order valence-corrected chi connectivity index (χ3v) is 4.32. The highest BCUT2D eigenvalue weighted by Gasteiger charge is 2.36. The van der Waals surface area contributed by atoms with Crippen LogP contribution in [0.2, 0.25) is 0 Å². The second kappa shape index (κ2) is 8.73. The summed E-state index contributed by atoms with van der Waals surface area (Å²) in [7, 11) is 0. The van der Waals surface area contributed by atoms with Crippen LogP contribution in [-0.2, 0) is 15.9 Å². The Kier molecular flexibility index (Phi) is 6.78. The van der Waals surface area contributed by atoms with Crippen LogP contribution < -0.4 is 0 Å². The second-order valence-corrected chi connectivity index (χ2v) is 9.27. The predicted octanol–water partition coefficient (Wildman–Crippen LogP) is 3.96. The molecule has 0 N–H and O–H groups in total. The number of nitriles is 1. The lowest BCUT2D eigenvalue weighted by atomic mass is 10.0. The van der Waals surface area contributed by atoms with E-state index >= 15 is 0 Å². The maximum Gasteiger partial charge on any atom is 0.410 e. The SMILES string of the molecule is CC(C)(C)OC(=O)N1CCN(C(=O)OC(C)(C)C)[C@H](Cc2ccc(C#N)cc2)C1. The summed E-state index contributed by atoms with van der Waals surface area (Å²) < 4.78 is 11.1. The molecule has 1 fully saturated rings. The Balaban J connectivity index is 2.19. The highest BCUT2D eigenvalue weighted by atomic mass is 16.6. The summed E-state index contributed by atoms with van der Waals surface area (Å²) in [6.07, 6.45) is -0.226. The van der Waals surface area contributed by atoms with Crippen molar-refractivity contribution < 1.29 is 19.1 Å². The molecule has 0 saturated carbocycles. The smallest absolute Gasteiger partial charge is 0.410 e. The van der Waals surface area contributed by atoms with Crippen molar-refractivity contribution >= 4 is 12.2 Å². The number of piperazine rings is 1. The van der Waals surface area contributed by atoms with Gasteiger partial charge >= 0.3 is 12.2 Å². The first kappa shape index (κ1) is 22.5. The summed E-state index contributed by atoms with van der Waals surface area (Å²) in [5.74, 6) is 0. The molecule has 2 amide bonds. The fourth-order valence-electron chi connectivity index (χ4n) is 3.07. The van der Waals surface area contributed by atoms with Gasteiger partial charge in [0.05, 0.1) is 17.7 Å². The van der Waals surface area contributed by atoms with Gasteiger partial charge in [0.25, 0.3) is 0 Å². The number of hydrogen-bond donors (Lipinski definition) is 0. The summed E-state index contributed by atoms with van der Waals surface area (Å²) in [5.41, 5.74) is 0.380. The van der Waals surface area contributed by atoms with Crippen LogP contribution in [0.5, 0.6) is 0 Å². The van der Waals surface area contributed by atoms with E-state index in [9.17, 15) is 9.59 Å². The van der Waals surface area contributed by atoms with E-state index in [1.807, 2.05) is 53.7 Å².